The Labute approximate surface area is 136 Å². The minimum absolute atomic E-state index is 0.122. The van der Waals surface area contributed by atoms with E-state index in [0.717, 1.165) is 21.1 Å². The largest absolute Gasteiger partial charge is 0.460 e. The second kappa shape index (κ2) is 6.16. The van der Waals surface area contributed by atoms with Crippen LogP contribution in [-0.4, -0.2) is 24.7 Å². The average molecular weight is 405 g/mol. The van der Waals surface area contributed by atoms with Crippen LogP contribution >= 0.6 is 31.9 Å². The molecule has 2 atom stereocenters. The highest BCUT2D eigenvalue weighted by molar-refractivity contribution is 9.11. The van der Waals surface area contributed by atoms with Crippen molar-refractivity contribution in [3.63, 3.8) is 0 Å². The van der Waals surface area contributed by atoms with E-state index in [1.165, 1.54) is 0 Å². The Morgan fingerprint density at radius 1 is 1.20 bits per heavy atom. The van der Waals surface area contributed by atoms with Gasteiger partial charge in [0.1, 0.15) is 5.60 Å². The summed E-state index contributed by atoms with van der Waals surface area (Å²) < 4.78 is 7.55. The number of hydrogen-bond donors (Lipinski definition) is 1. The summed E-state index contributed by atoms with van der Waals surface area (Å²) in [7, 11) is 0. The second-order valence-corrected chi connectivity index (χ2v) is 7.94. The van der Waals surface area contributed by atoms with Gasteiger partial charge in [0.05, 0.1) is 5.92 Å². The summed E-state index contributed by atoms with van der Waals surface area (Å²) >= 11 is 7.00. The number of nitrogens with one attached hydrogen (secondary N) is 1. The van der Waals surface area contributed by atoms with E-state index < -0.39 is 5.60 Å². The van der Waals surface area contributed by atoms with Crippen molar-refractivity contribution in [3.05, 3.63) is 32.7 Å². The van der Waals surface area contributed by atoms with Crippen LogP contribution in [0.4, 0.5) is 0 Å². The first-order chi connectivity index (χ1) is 9.26. The summed E-state index contributed by atoms with van der Waals surface area (Å²) in [5.41, 5.74) is 0.703. The summed E-state index contributed by atoms with van der Waals surface area (Å²) in [6.45, 7) is 7.17. The number of rotatable bonds is 2. The molecular weight excluding hydrogens is 386 g/mol. The molecule has 0 radical (unpaired) electrons. The molecule has 1 aliphatic rings. The van der Waals surface area contributed by atoms with Crippen molar-refractivity contribution in [3.8, 4) is 0 Å². The molecule has 1 saturated heterocycles. The van der Waals surface area contributed by atoms with Gasteiger partial charge in [-0.3, -0.25) is 4.79 Å². The Bertz CT molecular complexity index is 491. The fourth-order valence-corrected chi connectivity index (χ4v) is 3.77. The number of carbonyl (C=O) groups is 1. The molecule has 2 unspecified atom stereocenters. The smallest absolute Gasteiger partial charge is 0.311 e. The van der Waals surface area contributed by atoms with Crippen molar-refractivity contribution in [2.24, 2.45) is 5.92 Å². The van der Waals surface area contributed by atoms with Crippen LogP contribution < -0.4 is 5.32 Å². The molecule has 1 fully saturated rings. The van der Waals surface area contributed by atoms with Crippen molar-refractivity contribution in [1.29, 1.82) is 0 Å². The van der Waals surface area contributed by atoms with Crippen LogP contribution in [0.15, 0.2) is 27.1 Å². The topological polar surface area (TPSA) is 38.3 Å². The van der Waals surface area contributed by atoms with Crippen molar-refractivity contribution in [1.82, 2.24) is 5.32 Å². The van der Waals surface area contributed by atoms with Crippen LogP contribution in [0, 0.1) is 5.92 Å². The molecule has 2 rings (SSSR count). The van der Waals surface area contributed by atoms with Gasteiger partial charge in [-0.15, -0.1) is 0 Å². The molecule has 1 aromatic carbocycles. The number of ether oxygens (including phenoxy) is 1. The maximum atomic E-state index is 12.3. The zero-order valence-electron chi connectivity index (χ0n) is 11.9. The molecule has 0 amide bonds. The third-order valence-corrected chi connectivity index (χ3v) is 4.15. The first-order valence-electron chi connectivity index (χ1n) is 6.66. The van der Waals surface area contributed by atoms with Crippen LogP contribution in [0.2, 0.25) is 0 Å². The molecule has 1 aliphatic heterocycles. The summed E-state index contributed by atoms with van der Waals surface area (Å²) in [6.07, 6.45) is 0. The molecule has 0 spiro atoms. The van der Waals surface area contributed by atoms with Gasteiger partial charge < -0.3 is 10.1 Å². The lowest BCUT2D eigenvalue weighted by Gasteiger charge is -2.24. The van der Waals surface area contributed by atoms with Gasteiger partial charge in [0.15, 0.2) is 0 Å². The minimum Gasteiger partial charge on any atom is -0.460 e. The van der Waals surface area contributed by atoms with Crippen molar-refractivity contribution >= 4 is 37.8 Å². The maximum absolute atomic E-state index is 12.3. The highest BCUT2D eigenvalue weighted by atomic mass is 79.9. The maximum Gasteiger partial charge on any atom is 0.311 e. The molecule has 3 nitrogen and oxygen atoms in total. The lowest BCUT2D eigenvalue weighted by atomic mass is 9.89. The van der Waals surface area contributed by atoms with Crippen molar-refractivity contribution in [2.45, 2.75) is 32.3 Å². The second-order valence-electron chi connectivity index (χ2n) is 6.11. The number of carbonyl (C=O) groups excluding carboxylic acids is 1. The van der Waals surface area contributed by atoms with E-state index in [2.05, 4.69) is 49.3 Å². The van der Waals surface area contributed by atoms with Crippen LogP contribution in [0.1, 0.15) is 32.3 Å². The van der Waals surface area contributed by atoms with Crippen LogP contribution in [-0.2, 0) is 9.53 Å². The van der Waals surface area contributed by atoms with Gasteiger partial charge in [-0.1, -0.05) is 31.9 Å². The molecule has 0 saturated carbocycles. The fraction of sp³-hybridized carbons (Fsp3) is 0.533. The molecule has 1 heterocycles. The van der Waals surface area contributed by atoms with E-state index in [4.69, 9.17) is 4.74 Å². The fourth-order valence-electron chi connectivity index (χ4n) is 2.44. The molecule has 110 valence electrons. The number of benzene rings is 1. The zero-order valence-corrected chi connectivity index (χ0v) is 15.0. The third-order valence-electron chi connectivity index (χ3n) is 3.24. The van der Waals surface area contributed by atoms with Crippen LogP contribution in [0.5, 0.6) is 0 Å². The van der Waals surface area contributed by atoms with Crippen molar-refractivity contribution < 1.29 is 9.53 Å². The average Bonchev–Trinajstić information content (AvgIpc) is 2.73. The molecule has 1 aromatic rings. The minimum atomic E-state index is -0.442. The van der Waals surface area contributed by atoms with Gasteiger partial charge in [-0.2, -0.15) is 0 Å². The first kappa shape index (κ1) is 16.0. The van der Waals surface area contributed by atoms with E-state index in [-0.39, 0.29) is 17.8 Å². The molecule has 0 bridgehead atoms. The summed E-state index contributed by atoms with van der Waals surface area (Å²) in [6, 6.07) is 6.13. The number of halogens is 2. The van der Waals surface area contributed by atoms with E-state index in [0.29, 0.717) is 6.54 Å². The lowest BCUT2D eigenvalue weighted by molar-refractivity contribution is -0.159. The van der Waals surface area contributed by atoms with Crippen molar-refractivity contribution in [2.75, 3.05) is 13.1 Å². The van der Waals surface area contributed by atoms with Crippen LogP contribution in [0.3, 0.4) is 0 Å². The van der Waals surface area contributed by atoms with Gasteiger partial charge in [-0.05, 0) is 44.5 Å². The molecule has 5 heteroatoms. The standard InChI is InChI=1S/C15H19Br2NO2/c1-15(2,3)20-14(19)13-8-18-7-12(13)9-4-10(16)6-11(17)5-9/h4-6,12-13,18H,7-8H2,1-3H3. The third kappa shape index (κ3) is 4.06. The predicted molar refractivity (Wildman–Crippen MR) is 86.8 cm³/mol. The van der Waals surface area contributed by atoms with Gasteiger partial charge in [0.2, 0.25) is 0 Å². The Morgan fingerprint density at radius 3 is 2.35 bits per heavy atom. The molecule has 0 aromatic heterocycles. The summed E-state index contributed by atoms with van der Waals surface area (Å²) in [5, 5.41) is 3.30. The van der Waals surface area contributed by atoms with E-state index in [9.17, 15) is 4.79 Å². The SMILES string of the molecule is CC(C)(C)OC(=O)C1CNCC1c1cc(Br)cc(Br)c1. The van der Waals surface area contributed by atoms with E-state index in [1.807, 2.05) is 26.8 Å². The Kier molecular flexibility index (Phi) is 4.92. The highest BCUT2D eigenvalue weighted by Crippen LogP contribution is 2.33. The van der Waals surface area contributed by atoms with E-state index in [1.54, 1.807) is 0 Å². The number of esters is 1. The lowest BCUT2D eigenvalue weighted by Crippen LogP contribution is -2.31. The van der Waals surface area contributed by atoms with Gasteiger partial charge in [0, 0.05) is 28.0 Å². The predicted octanol–water partition coefficient (Wildman–Crippen LogP) is 3.86. The number of hydrogen-bond acceptors (Lipinski definition) is 3. The van der Waals surface area contributed by atoms with Crippen LogP contribution in [0.25, 0.3) is 0 Å². The zero-order chi connectivity index (χ0) is 14.9. The van der Waals surface area contributed by atoms with Gasteiger partial charge in [-0.25, -0.2) is 0 Å². The quantitative estimate of drug-likeness (QED) is 0.760. The summed E-state index contributed by atoms with van der Waals surface area (Å²) in [4.78, 5) is 12.3. The Morgan fingerprint density at radius 2 is 1.80 bits per heavy atom. The Balaban J connectivity index is 2.20. The molecule has 1 N–H and O–H groups in total. The normalized spacial score (nSPS) is 22.9. The first-order valence-corrected chi connectivity index (χ1v) is 8.24. The van der Waals surface area contributed by atoms with Gasteiger partial charge in [0.25, 0.3) is 0 Å². The highest BCUT2D eigenvalue weighted by Gasteiger charge is 2.36. The monoisotopic (exact) mass is 403 g/mol. The summed E-state index contributed by atoms with van der Waals surface area (Å²) in [5.74, 6) is -0.0994. The van der Waals surface area contributed by atoms with Gasteiger partial charge >= 0.3 is 5.97 Å². The molecule has 20 heavy (non-hydrogen) atoms. The Hall–Kier alpha value is -0.390. The molecular formula is C15H19Br2NO2. The van der Waals surface area contributed by atoms with E-state index >= 15 is 0 Å². The molecule has 0 aliphatic carbocycles.